The van der Waals surface area contributed by atoms with Gasteiger partial charge in [-0.05, 0) is 18.1 Å². The van der Waals surface area contributed by atoms with Crippen LogP contribution in [0.15, 0.2) is 30.7 Å². The molecule has 2 aromatic heterocycles. The van der Waals surface area contributed by atoms with Crippen molar-refractivity contribution in [2.45, 2.75) is 31.6 Å². The number of fused-ring (bicyclic) bond motifs is 2. The van der Waals surface area contributed by atoms with Crippen molar-refractivity contribution in [2.24, 2.45) is 0 Å². The topological polar surface area (TPSA) is 50.1 Å². The smallest absolute Gasteiger partial charge is 0.129 e. The van der Waals surface area contributed by atoms with Gasteiger partial charge < -0.3 is 0 Å². The molecule has 0 saturated carbocycles. The number of pyridine rings is 1. The van der Waals surface area contributed by atoms with Gasteiger partial charge in [0.2, 0.25) is 0 Å². The van der Waals surface area contributed by atoms with Crippen LogP contribution in [-0.2, 0) is 13.1 Å². The van der Waals surface area contributed by atoms with Crippen LogP contribution in [0, 0.1) is 0 Å². The van der Waals surface area contributed by atoms with Crippen LogP contribution < -0.4 is 0 Å². The molecule has 2 saturated heterocycles. The van der Waals surface area contributed by atoms with E-state index < -0.39 is 0 Å². The predicted molar refractivity (Wildman–Crippen MR) is 83.4 cm³/mol. The summed E-state index contributed by atoms with van der Waals surface area (Å²) in [6.07, 6.45) is 6.82. The van der Waals surface area contributed by atoms with Crippen LogP contribution in [0.5, 0.6) is 0 Å². The minimum Gasteiger partial charge on any atom is -0.296 e. The van der Waals surface area contributed by atoms with E-state index in [-0.39, 0.29) is 0 Å². The van der Waals surface area contributed by atoms with Crippen LogP contribution in [0.3, 0.4) is 0 Å². The van der Waals surface area contributed by atoms with Crippen molar-refractivity contribution in [3.8, 4) is 0 Å². The maximum atomic E-state index is 5.84. The van der Waals surface area contributed by atoms with Crippen molar-refractivity contribution in [3.05, 3.63) is 41.4 Å². The Kier molecular flexibility index (Phi) is 3.82. The third kappa shape index (κ3) is 2.86. The molecule has 2 aliphatic heterocycles. The van der Waals surface area contributed by atoms with E-state index in [9.17, 15) is 0 Å². The molecule has 4 heterocycles. The molecule has 22 heavy (non-hydrogen) atoms. The van der Waals surface area contributed by atoms with Gasteiger partial charge in [-0.15, -0.1) is 5.10 Å². The summed E-state index contributed by atoms with van der Waals surface area (Å²) >= 11 is 5.84. The SMILES string of the molecule is Clc1ccc(CN2CC3CC2CN3CCn2ccnn2)cn1. The third-order valence-corrected chi connectivity index (χ3v) is 4.95. The highest BCUT2D eigenvalue weighted by atomic mass is 35.5. The summed E-state index contributed by atoms with van der Waals surface area (Å²) in [5, 5.41) is 8.44. The van der Waals surface area contributed by atoms with Crippen molar-refractivity contribution in [1.82, 2.24) is 29.8 Å². The fourth-order valence-electron chi connectivity index (χ4n) is 3.62. The Bertz CT molecular complexity index is 613. The second kappa shape index (κ2) is 5.95. The minimum atomic E-state index is 0.561. The van der Waals surface area contributed by atoms with Crippen LogP contribution in [0.25, 0.3) is 0 Å². The molecule has 0 aliphatic carbocycles. The molecule has 6 nitrogen and oxygen atoms in total. The van der Waals surface area contributed by atoms with E-state index in [0.717, 1.165) is 32.7 Å². The Labute approximate surface area is 134 Å². The zero-order chi connectivity index (χ0) is 14.9. The molecular formula is C15H19ClN6. The molecule has 2 aromatic rings. The Morgan fingerprint density at radius 1 is 1.14 bits per heavy atom. The lowest BCUT2D eigenvalue weighted by molar-refractivity contribution is 0.119. The molecule has 0 radical (unpaired) electrons. The van der Waals surface area contributed by atoms with E-state index in [0.29, 0.717) is 17.2 Å². The number of likely N-dealkylation sites (tertiary alicyclic amines) is 2. The second-order valence-electron chi connectivity index (χ2n) is 6.12. The molecule has 2 fully saturated rings. The first-order valence-corrected chi connectivity index (χ1v) is 8.08. The highest BCUT2D eigenvalue weighted by molar-refractivity contribution is 6.29. The van der Waals surface area contributed by atoms with Gasteiger partial charge >= 0.3 is 0 Å². The number of hydrogen-bond acceptors (Lipinski definition) is 5. The van der Waals surface area contributed by atoms with E-state index in [1.807, 2.05) is 23.1 Å². The van der Waals surface area contributed by atoms with Crippen molar-refractivity contribution in [3.63, 3.8) is 0 Å². The quantitative estimate of drug-likeness (QED) is 0.777. The monoisotopic (exact) mass is 318 g/mol. The summed E-state index contributed by atoms with van der Waals surface area (Å²) < 4.78 is 1.91. The van der Waals surface area contributed by atoms with Gasteiger partial charge in [0.1, 0.15) is 5.15 Å². The van der Waals surface area contributed by atoms with Crippen LogP contribution in [0.4, 0.5) is 0 Å². The zero-order valence-electron chi connectivity index (χ0n) is 12.3. The second-order valence-corrected chi connectivity index (χ2v) is 6.51. The molecule has 2 unspecified atom stereocenters. The first-order chi connectivity index (χ1) is 10.8. The summed E-state index contributed by atoms with van der Waals surface area (Å²) in [5.41, 5.74) is 1.24. The van der Waals surface area contributed by atoms with Crippen LogP contribution in [0.2, 0.25) is 5.15 Å². The molecule has 0 spiro atoms. The molecule has 0 N–H and O–H groups in total. The van der Waals surface area contributed by atoms with E-state index in [2.05, 4.69) is 31.2 Å². The molecular weight excluding hydrogens is 300 g/mol. The lowest BCUT2D eigenvalue weighted by atomic mass is 10.2. The number of nitrogens with zero attached hydrogens (tertiary/aromatic N) is 6. The van der Waals surface area contributed by atoms with Crippen LogP contribution in [0.1, 0.15) is 12.0 Å². The Balaban J connectivity index is 1.31. The third-order valence-electron chi connectivity index (χ3n) is 4.73. The molecule has 7 heteroatoms. The standard InChI is InChI=1S/C15H19ClN6/c16-15-2-1-12(8-17-15)9-21-11-13-7-14(21)10-20(13)5-6-22-4-3-18-19-22/h1-4,8,13-14H,5-7,9-11H2. The summed E-state index contributed by atoms with van der Waals surface area (Å²) in [6, 6.07) is 5.28. The fraction of sp³-hybridized carbons (Fsp3) is 0.533. The molecule has 2 bridgehead atoms. The summed E-state index contributed by atoms with van der Waals surface area (Å²) in [6.45, 7) is 5.25. The predicted octanol–water partition coefficient (Wildman–Crippen LogP) is 1.29. The number of rotatable bonds is 5. The lowest BCUT2D eigenvalue weighted by Crippen LogP contribution is -2.46. The summed E-state index contributed by atoms with van der Waals surface area (Å²) in [5.74, 6) is 0. The Morgan fingerprint density at radius 3 is 2.68 bits per heavy atom. The number of halogens is 1. The van der Waals surface area contributed by atoms with Crippen molar-refractivity contribution in [2.75, 3.05) is 19.6 Å². The first kappa shape index (κ1) is 14.1. The zero-order valence-corrected chi connectivity index (χ0v) is 13.1. The Hall–Kier alpha value is -1.50. The van der Waals surface area contributed by atoms with Crippen molar-refractivity contribution < 1.29 is 0 Å². The molecule has 2 aliphatic rings. The molecule has 2 atom stereocenters. The van der Waals surface area contributed by atoms with Crippen LogP contribution in [-0.4, -0.2) is 61.5 Å². The first-order valence-electron chi connectivity index (χ1n) is 7.70. The number of hydrogen-bond donors (Lipinski definition) is 0. The normalized spacial score (nSPS) is 25.1. The van der Waals surface area contributed by atoms with Gasteiger partial charge in [0, 0.05) is 50.7 Å². The van der Waals surface area contributed by atoms with Gasteiger partial charge in [0.15, 0.2) is 0 Å². The largest absolute Gasteiger partial charge is 0.296 e. The fourth-order valence-corrected chi connectivity index (χ4v) is 3.73. The molecule has 4 rings (SSSR count). The Morgan fingerprint density at radius 2 is 2.00 bits per heavy atom. The summed E-state index contributed by atoms with van der Waals surface area (Å²) in [4.78, 5) is 9.33. The number of aromatic nitrogens is 4. The molecule has 116 valence electrons. The van der Waals surface area contributed by atoms with Crippen molar-refractivity contribution >= 4 is 11.6 Å². The maximum absolute atomic E-state index is 5.84. The molecule has 0 aromatic carbocycles. The average Bonchev–Trinajstić information content (AvgIpc) is 3.23. The summed E-state index contributed by atoms with van der Waals surface area (Å²) in [7, 11) is 0. The van der Waals surface area contributed by atoms with Gasteiger partial charge in [0.05, 0.1) is 12.7 Å². The van der Waals surface area contributed by atoms with Crippen molar-refractivity contribution in [1.29, 1.82) is 0 Å². The highest BCUT2D eigenvalue weighted by Gasteiger charge is 2.42. The van der Waals surface area contributed by atoms with Gasteiger partial charge in [-0.2, -0.15) is 0 Å². The van der Waals surface area contributed by atoms with Gasteiger partial charge in [0.25, 0.3) is 0 Å². The maximum Gasteiger partial charge on any atom is 0.129 e. The average molecular weight is 319 g/mol. The van der Waals surface area contributed by atoms with E-state index in [1.165, 1.54) is 12.0 Å². The van der Waals surface area contributed by atoms with Gasteiger partial charge in [-0.25, -0.2) is 4.98 Å². The van der Waals surface area contributed by atoms with Gasteiger partial charge in [-0.3, -0.25) is 14.5 Å². The van der Waals surface area contributed by atoms with E-state index in [1.54, 1.807) is 6.20 Å². The number of piperazine rings is 1. The van der Waals surface area contributed by atoms with Gasteiger partial charge in [-0.1, -0.05) is 22.9 Å². The molecule has 0 amide bonds. The minimum absolute atomic E-state index is 0.561. The highest BCUT2D eigenvalue weighted by Crippen LogP contribution is 2.31. The van der Waals surface area contributed by atoms with Crippen LogP contribution >= 0.6 is 11.6 Å². The van der Waals surface area contributed by atoms with E-state index >= 15 is 0 Å². The van der Waals surface area contributed by atoms with E-state index in [4.69, 9.17) is 11.6 Å². The lowest BCUT2D eigenvalue weighted by Gasteiger charge is -2.34.